The number of aryl methyl sites for hydroxylation is 1. The monoisotopic (exact) mass is 387 g/mol. The van der Waals surface area contributed by atoms with Crippen LogP contribution in [0.5, 0.6) is 5.75 Å². The van der Waals surface area contributed by atoms with Crippen molar-refractivity contribution < 1.29 is 9.47 Å². The number of hydrogen-bond donors (Lipinski definition) is 2. The second-order valence-corrected chi connectivity index (χ2v) is 6.55. The average Bonchev–Trinajstić information content (AvgIpc) is 2.97. The highest BCUT2D eigenvalue weighted by atomic mass is 16.5. The van der Waals surface area contributed by atoms with Gasteiger partial charge in [0.1, 0.15) is 5.75 Å². The fourth-order valence-electron chi connectivity index (χ4n) is 3.08. The number of aromatic nitrogens is 2. The molecule has 0 amide bonds. The molecule has 2 aromatic rings. The van der Waals surface area contributed by atoms with Crippen LogP contribution in [-0.2, 0) is 24.2 Å². The summed E-state index contributed by atoms with van der Waals surface area (Å²) in [5.74, 6) is 1.72. The van der Waals surface area contributed by atoms with Crippen molar-refractivity contribution in [3.63, 3.8) is 0 Å². The molecule has 0 aliphatic carbocycles. The maximum absolute atomic E-state index is 5.42. The summed E-state index contributed by atoms with van der Waals surface area (Å²) in [6, 6.07) is 8.09. The number of methoxy groups -OCH3 is 2. The van der Waals surface area contributed by atoms with Crippen LogP contribution in [0.2, 0.25) is 0 Å². The molecule has 154 valence electrons. The summed E-state index contributed by atoms with van der Waals surface area (Å²) < 4.78 is 12.6. The third-order valence-electron chi connectivity index (χ3n) is 4.66. The van der Waals surface area contributed by atoms with E-state index in [2.05, 4.69) is 35.6 Å². The standard InChI is InChI=1S/C21H33N5O2/c1-6-22-21(23-12-11-18-9-7-8-10-20(18)28-5)24-15-19-16(2)25-26(17(19)3)13-14-27-4/h7-10H,6,11-15H2,1-5H3,(H2,22,23,24). The zero-order chi connectivity index (χ0) is 20.4. The Balaban J connectivity index is 1.99. The summed E-state index contributed by atoms with van der Waals surface area (Å²) >= 11 is 0. The van der Waals surface area contributed by atoms with Crippen LogP contribution in [0.15, 0.2) is 29.3 Å². The summed E-state index contributed by atoms with van der Waals surface area (Å²) in [4.78, 5) is 4.75. The quantitative estimate of drug-likeness (QED) is 0.484. The number of nitrogens with one attached hydrogen (secondary N) is 2. The van der Waals surface area contributed by atoms with Crippen molar-refractivity contribution in [1.29, 1.82) is 0 Å². The van der Waals surface area contributed by atoms with Crippen LogP contribution in [0.3, 0.4) is 0 Å². The third kappa shape index (κ3) is 5.99. The molecule has 0 aliphatic rings. The Morgan fingerprint density at radius 3 is 2.68 bits per heavy atom. The molecule has 0 fully saturated rings. The molecule has 0 saturated heterocycles. The van der Waals surface area contributed by atoms with Crippen molar-refractivity contribution in [1.82, 2.24) is 20.4 Å². The van der Waals surface area contributed by atoms with Gasteiger partial charge in [-0.1, -0.05) is 18.2 Å². The van der Waals surface area contributed by atoms with Crippen LogP contribution in [-0.4, -0.2) is 49.7 Å². The van der Waals surface area contributed by atoms with Crippen LogP contribution in [0, 0.1) is 13.8 Å². The van der Waals surface area contributed by atoms with Gasteiger partial charge in [0.25, 0.3) is 0 Å². The second-order valence-electron chi connectivity index (χ2n) is 6.55. The van der Waals surface area contributed by atoms with Crippen LogP contribution in [0.4, 0.5) is 0 Å². The summed E-state index contributed by atoms with van der Waals surface area (Å²) in [5.41, 5.74) is 4.50. The van der Waals surface area contributed by atoms with Crippen molar-refractivity contribution >= 4 is 5.96 Å². The zero-order valence-corrected chi connectivity index (χ0v) is 17.7. The number of rotatable bonds is 10. The van der Waals surface area contributed by atoms with E-state index in [0.29, 0.717) is 13.2 Å². The number of guanidine groups is 1. The summed E-state index contributed by atoms with van der Waals surface area (Å²) in [6.45, 7) is 9.77. The first-order chi connectivity index (χ1) is 13.6. The van der Waals surface area contributed by atoms with E-state index in [1.54, 1.807) is 14.2 Å². The molecule has 2 N–H and O–H groups in total. The van der Waals surface area contributed by atoms with E-state index < -0.39 is 0 Å². The smallest absolute Gasteiger partial charge is 0.191 e. The van der Waals surface area contributed by atoms with Gasteiger partial charge in [-0.2, -0.15) is 5.10 Å². The molecule has 0 atom stereocenters. The molecule has 0 spiro atoms. The minimum absolute atomic E-state index is 0.592. The molecule has 1 aromatic heterocycles. The Bertz CT molecular complexity index is 770. The fourth-order valence-corrected chi connectivity index (χ4v) is 3.08. The highest BCUT2D eigenvalue weighted by molar-refractivity contribution is 5.79. The van der Waals surface area contributed by atoms with Gasteiger partial charge in [0.05, 0.1) is 32.5 Å². The number of benzene rings is 1. The number of nitrogens with zero attached hydrogens (tertiary/aromatic N) is 3. The lowest BCUT2D eigenvalue weighted by molar-refractivity contribution is 0.182. The van der Waals surface area contributed by atoms with E-state index in [1.165, 1.54) is 5.56 Å². The summed E-state index contributed by atoms with van der Waals surface area (Å²) in [7, 11) is 3.41. The molecule has 0 aliphatic heterocycles. The fraction of sp³-hybridized carbons (Fsp3) is 0.524. The highest BCUT2D eigenvalue weighted by Crippen LogP contribution is 2.17. The summed E-state index contributed by atoms with van der Waals surface area (Å²) in [6.07, 6.45) is 0.863. The normalized spacial score (nSPS) is 11.5. The first-order valence-corrected chi connectivity index (χ1v) is 9.76. The minimum atomic E-state index is 0.592. The lowest BCUT2D eigenvalue weighted by Gasteiger charge is -2.13. The predicted octanol–water partition coefficient (Wildman–Crippen LogP) is 2.45. The van der Waals surface area contributed by atoms with Crippen molar-refractivity contribution in [3.8, 4) is 5.75 Å². The molecular formula is C21H33N5O2. The van der Waals surface area contributed by atoms with Gasteiger partial charge in [0.2, 0.25) is 0 Å². The largest absolute Gasteiger partial charge is 0.496 e. The Labute approximate surface area is 168 Å². The maximum Gasteiger partial charge on any atom is 0.191 e. The number of hydrogen-bond acceptors (Lipinski definition) is 4. The lowest BCUT2D eigenvalue weighted by Crippen LogP contribution is -2.38. The number of para-hydroxylation sites is 1. The van der Waals surface area contributed by atoms with Crippen molar-refractivity contribution in [3.05, 3.63) is 46.8 Å². The first kappa shape index (κ1) is 21.8. The minimum Gasteiger partial charge on any atom is -0.496 e. The van der Waals surface area contributed by atoms with Gasteiger partial charge >= 0.3 is 0 Å². The van der Waals surface area contributed by atoms with Gasteiger partial charge in [0.15, 0.2) is 5.96 Å². The van der Waals surface area contributed by atoms with Gasteiger partial charge in [-0.25, -0.2) is 4.99 Å². The van der Waals surface area contributed by atoms with Gasteiger partial charge in [0, 0.05) is 31.5 Å². The molecule has 0 unspecified atom stereocenters. The Morgan fingerprint density at radius 2 is 1.96 bits per heavy atom. The van der Waals surface area contributed by atoms with E-state index >= 15 is 0 Å². The highest BCUT2D eigenvalue weighted by Gasteiger charge is 2.11. The molecule has 0 radical (unpaired) electrons. The molecule has 1 aromatic carbocycles. The molecule has 2 rings (SSSR count). The average molecular weight is 388 g/mol. The Hall–Kier alpha value is -2.54. The molecule has 1 heterocycles. The van der Waals surface area contributed by atoms with E-state index in [1.807, 2.05) is 29.8 Å². The lowest BCUT2D eigenvalue weighted by atomic mass is 10.1. The van der Waals surface area contributed by atoms with Crippen LogP contribution >= 0.6 is 0 Å². The van der Waals surface area contributed by atoms with Gasteiger partial charge in [-0.3, -0.25) is 4.68 Å². The van der Waals surface area contributed by atoms with Crippen molar-refractivity contribution in [2.75, 3.05) is 33.9 Å². The van der Waals surface area contributed by atoms with Crippen molar-refractivity contribution in [2.24, 2.45) is 4.99 Å². The summed E-state index contributed by atoms with van der Waals surface area (Å²) in [5, 5.41) is 11.3. The van der Waals surface area contributed by atoms with Gasteiger partial charge in [-0.15, -0.1) is 0 Å². The van der Waals surface area contributed by atoms with E-state index in [-0.39, 0.29) is 0 Å². The molecule has 0 saturated carbocycles. The Kier molecular flexibility index (Phi) is 8.81. The van der Waals surface area contributed by atoms with Gasteiger partial charge < -0.3 is 20.1 Å². The van der Waals surface area contributed by atoms with Crippen molar-refractivity contribution in [2.45, 2.75) is 40.3 Å². The topological polar surface area (TPSA) is 72.7 Å². The first-order valence-electron chi connectivity index (χ1n) is 9.76. The zero-order valence-electron chi connectivity index (χ0n) is 17.7. The van der Waals surface area contributed by atoms with E-state index in [4.69, 9.17) is 14.5 Å². The van der Waals surface area contributed by atoms with Gasteiger partial charge in [-0.05, 0) is 38.8 Å². The Morgan fingerprint density at radius 1 is 1.18 bits per heavy atom. The van der Waals surface area contributed by atoms with Crippen LogP contribution in [0.25, 0.3) is 0 Å². The van der Waals surface area contributed by atoms with E-state index in [9.17, 15) is 0 Å². The van der Waals surface area contributed by atoms with Crippen LogP contribution in [0.1, 0.15) is 29.4 Å². The van der Waals surface area contributed by atoms with E-state index in [0.717, 1.165) is 54.7 Å². The number of aliphatic imine (C=N–C) groups is 1. The third-order valence-corrected chi connectivity index (χ3v) is 4.66. The molecule has 7 nitrogen and oxygen atoms in total. The molecule has 0 bridgehead atoms. The molecule has 7 heteroatoms. The van der Waals surface area contributed by atoms with Crippen LogP contribution < -0.4 is 15.4 Å². The molecule has 28 heavy (non-hydrogen) atoms. The predicted molar refractivity (Wildman–Crippen MR) is 113 cm³/mol. The number of ether oxygens (including phenoxy) is 2. The molecular weight excluding hydrogens is 354 g/mol. The maximum atomic E-state index is 5.42. The SMILES string of the molecule is CCNC(=NCc1c(C)nn(CCOC)c1C)NCCc1ccccc1OC. The second kappa shape index (κ2) is 11.3.